The number of nitrogens with zero attached hydrogens (tertiary/aromatic N) is 2. The third-order valence-corrected chi connectivity index (χ3v) is 3.42. The van der Waals surface area contributed by atoms with Gasteiger partial charge in [-0.05, 0) is 37.2 Å². The van der Waals surface area contributed by atoms with Crippen LogP contribution >= 0.6 is 11.8 Å². The number of rotatable bonds is 5. The van der Waals surface area contributed by atoms with Crippen LogP contribution in [0, 0.1) is 0 Å². The molecule has 1 aromatic carbocycles. The van der Waals surface area contributed by atoms with Crippen molar-refractivity contribution in [1.82, 2.24) is 9.97 Å². The number of aromatic nitrogens is 2. The average Bonchev–Trinajstić information content (AvgIpc) is 2.39. The van der Waals surface area contributed by atoms with Gasteiger partial charge in [-0.2, -0.15) is 4.98 Å². The highest BCUT2D eigenvalue weighted by Gasteiger charge is 2.08. The molecular weight excluding hydrogens is 258 g/mol. The number of nitrogen functional groups attached to an aromatic ring is 1. The van der Waals surface area contributed by atoms with Gasteiger partial charge in [-0.3, -0.25) is 0 Å². The molecule has 2 aromatic rings. The second-order valence-electron chi connectivity index (χ2n) is 4.17. The molecule has 0 bridgehead atoms. The molecule has 5 heteroatoms. The molecule has 1 aromatic heterocycles. The van der Waals surface area contributed by atoms with Crippen molar-refractivity contribution >= 4 is 17.6 Å². The Hall–Kier alpha value is -1.75. The quantitative estimate of drug-likeness (QED) is 0.847. The number of anilines is 1. The van der Waals surface area contributed by atoms with E-state index in [0.29, 0.717) is 16.9 Å². The van der Waals surface area contributed by atoms with Gasteiger partial charge >= 0.3 is 0 Å². The summed E-state index contributed by atoms with van der Waals surface area (Å²) in [7, 11) is 0. The Morgan fingerprint density at radius 1 is 1.26 bits per heavy atom. The summed E-state index contributed by atoms with van der Waals surface area (Å²) >= 11 is 1.47. The van der Waals surface area contributed by atoms with E-state index >= 15 is 0 Å². The Kier molecular flexibility index (Phi) is 4.63. The van der Waals surface area contributed by atoms with Gasteiger partial charge in [0, 0.05) is 11.0 Å². The first-order valence-electron chi connectivity index (χ1n) is 6.21. The second-order valence-corrected chi connectivity index (χ2v) is 5.21. The van der Waals surface area contributed by atoms with E-state index in [4.69, 9.17) is 10.5 Å². The summed E-state index contributed by atoms with van der Waals surface area (Å²) in [5.74, 6) is 0.951. The van der Waals surface area contributed by atoms with E-state index in [0.717, 1.165) is 11.3 Å². The lowest BCUT2D eigenvalue weighted by atomic mass is 10.3. The highest BCUT2D eigenvalue weighted by Crippen LogP contribution is 2.26. The molecule has 0 aliphatic heterocycles. The minimum absolute atomic E-state index is 0.115. The normalized spacial score (nSPS) is 12.1. The Labute approximate surface area is 117 Å². The van der Waals surface area contributed by atoms with E-state index < -0.39 is 0 Å². The second kappa shape index (κ2) is 6.43. The molecule has 0 saturated heterocycles. The van der Waals surface area contributed by atoms with Crippen molar-refractivity contribution in [1.29, 1.82) is 0 Å². The van der Waals surface area contributed by atoms with Gasteiger partial charge < -0.3 is 10.5 Å². The number of ether oxygens (including phenoxy) is 1. The molecule has 4 nitrogen and oxygen atoms in total. The van der Waals surface area contributed by atoms with Gasteiger partial charge in [0.25, 0.3) is 0 Å². The first-order valence-corrected chi connectivity index (χ1v) is 7.03. The number of benzene rings is 1. The van der Waals surface area contributed by atoms with Crippen LogP contribution in [0.4, 0.5) is 5.82 Å². The van der Waals surface area contributed by atoms with Crippen LogP contribution in [0.5, 0.6) is 5.88 Å². The van der Waals surface area contributed by atoms with Crippen molar-refractivity contribution in [3.8, 4) is 5.88 Å². The van der Waals surface area contributed by atoms with Crippen molar-refractivity contribution < 1.29 is 4.74 Å². The highest BCUT2D eigenvalue weighted by molar-refractivity contribution is 7.99. The standard InChI is InChI=1S/C14H17N3OS/c1-3-10(2)18-13-9-12(15)16-14(17-13)19-11-7-5-4-6-8-11/h4-10H,3H2,1-2H3,(H2,15,16,17). The van der Waals surface area contributed by atoms with Crippen molar-refractivity contribution in [2.45, 2.75) is 36.4 Å². The maximum atomic E-state index is 5.79. The topological polar surface area (TPSA) is 61.0 Å². The fraction of sp³-hybridized carbons (Fsp3) is 0.286. The number of nitrogens with two attached hydrogens (primary N) is 1. The van der Waals surface area contributed by atoms with Crippen LogP contribution < -0.4 is 10.5 Å². The van der Waals surface area contributed by atoms with Crippen LogP contribution in [0.2, 0.25) is 0 Å². The summed E-state index contributed by atoms with van der Waals surface area (Å²) in [6.07, 6.45) is 1.04. The molecule has 0 aliphatic carbocycles. The lowest BCUT2D eigenvalue weighted by Crippen LogP contribution is -2.11. The molecule has 19 heavy (non-hydrogen) atoms. The summed E-state index contributed by atoms with van der Waals surface area (Å²) in [6, 6.07) is 11.6. The van der Waals surface area contributed by atoms with Crippen LogP contribution in [0.3, 0.4) is 0 Å². The summed E-state index contributed by atoms with van der Waals surface area (Å²) in [5.41, 5.74) is 5.79. The van der Waals surface area contributed by atoms with Gasteiger partial charge in [0.2, 0.25) is 5.88 Å². The van der Waals surface area contributed by atoms with Gasteiger partial charge in [-0.25, -0.2) is 4.98 Å². The highest BCUT2D eigenvalue weighted by atomic mass is 32.2. The third kappa shape index (κ3) is 4.13. The van der Waals surface area contributed by atoms with Crippen molar-refractivity contribution in [3.63, 3.8) is 0 Å². The van der Waals surface area contributed by atoms with Gasteiger partial charge in [0.05, 0.1) is 6.10 Å². The zero-order valence-corrected chi connectivity index (χ0v) is 11.9. The molecule has 1 heterocycles. The first kappa shape index (κ1) is 13.7. The van der Waals surface area contributed by atoms with Crippen molar-refractivity contribution in [2.75, 3.05) is 5.73 Å². The van der Waals surface area contributed by atoms with Crippen LogP contribution in [0.25, 0.3) is 0 Å². The zero-order chi connectivity index (χ0) is 13.7. The molecule has 1 unspecified atom stereocenters. The largest absolute Gasteiger partial charge is 0.475 e. The van der Waals surface area contributed by atoms with E-state index in [1.165, 1.54) is 11.8 Å². The number of hydrogen-bond acceptors (Lipinski definition) is 5. The van der Waals surface area contributed by atoms with E-state index in [9.17, 15) is 0 Å². The monoisotopic (exact) mass is 275 g/mol. The predicted octanol–water partition coefficient (Wildman–Crippen LogP) is 3.39. The fourth-order valence-electron chi connectivity index (χ4n) is 1.41. The molecule has 100 valence electrons. The molecule has 0 spiro atoms. The average molecular weight is 275 g/mol. The predicted molar refractivity (Wildman–Crippen MR) is 77.4 cm³/mol. The van der Waals surface area contributed by atoms with Crippen molar-refractivity contribution in [2.24, 2.45) is 0 Å². The van der Waals surface area contributed by atoms with Crippen molar-refractivity contribution in [3.05, 3.63) is 36.4 Å². The summed E-state index contributed by atoms with van der Waals surface area (Å²) in [6.45, 7) is 4.07. The van der Waals surface area contributed by atoms with E-state index in [1.807, 2.05) is 37.3 Å². The third-order valence-electron chi connectivity index (χ3n) is 2.55. The molecule has 2 N–H and O–H groups in total. The van der Waals surface area contributed by atoms with Crippen LogP contribution in [-0.4, -0.2) is 16.1 Å². The van der Waals surface area contributed by atoms with E-state index in [1.54, 1.807) is 6.07 Å². The first-order chi connectivity index (χ1) is 9.17. The fourth-order valence-corrected chi connectivity index (χ4v) is 2.20. The van der Waals surface area contributed by atoms with Crippen LogP contribution in [-0.2, 0) is 0 Å². The molecule has 0 radical (unpaired) electrons. The SMILES string of the molecule is CCC(C)Oc1cc(N)nc(Sc2ccccc2)n1. The van der Waals surface area contributed by atoms with Gasteiger partial charge in [0.15, 0.2) is 5.16 Å². The molecule has 1 atom stereocenters. The smallest absolute Gasteiger partial charge is 0.219 e. The molecular formula is C14H17N3OS. The maximum absolute atomic E-state index is 5.79. The molecule has 2 rings (SSSR count). The molecule has 0 amide bonds. The van der Waals surface area contributed by atoms with Gasteiger partial charge in [-0.1, -0.05) is 25.1 Å². The Balaban J connectivity index is 2.17. The Morgan fingerprint density at radius 3 is 2.68 bits per heavy atom. The molecule has 0 saturated carbocycles. The summed E-state index contributed by atoms with van der Waals surface area (Å²) in [4.78, 5) is 9.65. The Morgan fingerprint density at radius 2 is 2.00 bits per heavy atom. The summed E-state index contributed by atoms with van der Waals surface area (Å²) in [5, 5.41) is 0.601. The minimum Gasteiger partial charge on any atom is -0.475 e. The summed E-state index contributed by atoms with van der Waals surface area (Å²) < 4.78 is 5.68. The lowest BCUT2D eigenvalue weighted by molar-refractivity contribution is 0.207. The number of hydrogen-bond donors (Lipinski definition) is 1. The minimum atomic E-state index is 0.115. The van der Waals surface area contributed by atoms with Gasteiger partial charge in [0.1, 0.15) is 5.82 Å². The van der Waals surface area contributed by atoms with Crippen LogP contribution in [0.1, 0.15) is 20.3 Å². The molecule has 0 aliphatic rings. The lowest BCUT2D eigenvalue weighted by Gasteiger charge is -2.12. The van der Waals surface area contributed by atoms with Crippen LogP contribution in [0.15, 0.2) is 46.5 Å². The Bertz CT molecular complexity index is 533. The molecule has 0 fully saturated rings. The maximum Gasteiger partial charge on any atom is 0.219 e. The van der Waals surface area contributed by atoms with E-state index in [2.05, 4.69) is 16.9 Å². The van der Waals surface area contributed by atoms with Gasteiger partial charge in [-0.15, -0.1) is 0 Å². The van der Waals surface area contributed by atoms with E-state index in [-0.39, 0.29) is 6.10 Å². The zero-order valence-electron chi connectivity index (χ0n) is 11.0.